The summed E-state index contributed by atoms with van der Waals surface area (Å²) in [7, 11) is 0. The molecule has 1 aromatic heterocycles. The first-order chi connectivity index (χ1) is 15.0. The minimum absolute atomic E-state index is 0.00957. The molecule has 1 aliphatic carbocycles. The number of carbonyl (C=O) groups excluding carboxylic acids is 2. The molecular formula is C24H30FN3O3. The first-order valence-corrected chi connectivity index (χ1v) is 11.3. The van der Waals surface area contributed by atoms with Crippen molar-refractivity contribution in [1.29, 1.82) is 0 Å². The van der Waals surface area contributed by atoms with Crippen LogP contribution in [0.4, 0.5) is 4.39 Å². The van der Waals surface area contributed by atoms with Gasteiger partial charge in [-0.2, -0.15) is 5.10 Å². The number of esters is 1. The fourth-order valence-electron chi connectivity index (χ4n) is 4.71. The van der Waals surface area contributed by atoms with Crippen LogP contribution in [0, 0.1) is 17.7 Å². The Balaban J connectivity index is 1.32. The van der Waals surface area contributed by atoms with E-state index < -0.39 is 0 Å². The van der Waals surface area contributed by atoms with Gasteiger partial charge in [0.25, 0.3) is 0 Å². The summed E-state index contributed by atoms with van der Waals surface area (Å²) in [5.41, 5.74) is 3.23. The second-order valence-corrected chi connectivity index (χ2v) is 8.64. The lowest BCUT2D eigenvalue weighted by Gasteiger charge is -2.31. The molecule has 1 saturated carbocycles. The third kappa shape index (κ3) is 5.14. The van der Waals surface area contributed by atoms with Gasteiger partial charge in [0.1, 0.15) is 5.82 Å². The lowest BCUT2D eigenvalue weighted by atomic mass is 9.80. The summed E-state index contributed by atoms with van der Waals surface area (Å²) in [4.78, 5) is 26.8. The average Bonchev–Trinajstić information content (AvgIpc) is 3.18. The van der Waals surface area contributed by atoms with Gasteiger partial charge in [-0.3, -0.25) is 14.3 Å². The van der Waals surface area contributed by atoms with Gasteiger partial charge in [-0.05, 0) is 68.2 Å². The molecule has 1 fully saturated rings. The van der Waals surface area contributed by atoms with E-state index >= 15 is 0 Å². The number of hydrogen-bond acceptors (Lipinski definition) is 4. The highest BCUT2D eigenvalue weighted by atomic mass is 19.1. The maximum absolute atomic E-state index is 13.2. The number of rotatable bonds is 6. The Morgan fingerprint density at radius 2 is 1.90 bits per heavy atom. The lowest BCUT2D eigenvalue weighted by molar-refractivity contribution is -0.149. The van der Waals surface area contributed by atoms with E-state index in [4.69, 9.17) is 4.74 Å². The average molecular weight is 428 g/mol. The van der Waals surface area contributed by atoms with E-state index in [1.54, 1.807) is 12.1 Å². The molecule has 6 nitrogen and oxygen atoms in total. The molecule has 1 aromatic carbocycles. The molecule has 166 valence electrons. The molecule has 0 radical (unpaired) electrons. The summed E-state index contributed by atoms with van der Waals surface area (Å²) in [6.45, 7) is 4.10. The van der Waals surface area contributed by atoms with Gasteiger partial charge < -0.3 is 9.64 Å². The van der Waals surface area contributed by atoms with E-state index in [1.807, 2.05) is 22.7 Å². The van der Waals surface area contributed by atoms with Crippen molar-refractivity contribution >= 4 is 11.9 Å². The standard InChI is InChI=1S/C24H30FN3O3/c1-2-31-24(30)19-7-3-17(4-8-19)13-23(29)27-12-11-20-14-26-28(22(20)16-27)15-18-5-9-21(25)10-6-18/h5-6,9-10,14,17,19H,2-4,7-8,11-13,15-16H2,1H3. The number of benzene rings is 1. The van der Waals surface area contributed by atoms with Crippen LogP contribution >= 0.6 is 0 Å². The van der Waals surface area contributed by atoms with Crippen LogP contribution in [-0.4, -0.2) is 39.7 Å². The first kappa shape index (κ1) is 21.5. The van der Waals surface area contributed by atoms with Crippen LogP contribution in [0.2, 0.25) is 0 Å². The number of hydrogen-bond donors (Lipinski definition) is 0. The fraction of sp³-hybridized carbons (Fsp3) is 0.542. The quantitative estimate of drug-likeness (QED) is 0.659. The highest BCUT2D eigenvalue weighted by Crippen LogP contribution is 2.32. The largest absolute Gasteiger partial charge is 0.466 e. The van der Waals surface area contributed by atoms with Gasteiger partial charge in [-0.15, -0.1) is 0 Å². The predicted molar refractivity (Wildman–Crippen MR) is 114 cm³/mol. The molecule has 4 rings (SSSR count). The molecule has 0 atom stereocenters. The zero-order chi connectivity index (χ0) is 21.8. The van der Waals surface area contributed by atoms with E-state index in [-0.39, 0.29) is 23.6 Å². The smallest absolute Gasteiger partial charge is 0.308 e. The number of ether oxygens (including phenoxy) is 1. The molecule has 0 unspecified atom stereocenters. The van der Waals surface area contributed by atoms with Crippen molar-refractivity contribution in [2.75, 3.05) is 13.2 Å². The van der Waals surface area contributed by atoms with Crippen LogP contribution in [0.3, 0.4) is 0 Å². The van der Waals surface area contributed by atoms with E-state index in [2.05, 4.69) is 5.10 Å². The first-order valence-electron chi connectivity index (χ1n) is 11.3. The molecule has 2 aliphatic rings. The molecule has 0 saturated heterocycles. The Hall–Kier alpha value is -2.70. The Kier molecular flexibility index (Phi) is 6.68. The second kappa shape index (κ2) is 9.62. The third-order valence-corrected chi connectivity index (χ3v) is 6.56. The van der Waals surface area contributed by atoms with Crippen molar-refractivity contribution < 1.29 is 18.7 Å². The van der Waals surface area contributed by atoms with Gasteiger partial charge in [-0.25, -0.2) is 4.39 Å². The monoisotopic (exact) mass is 427 g/mol. The summed E-state index contributed by atoms with van der Waals surface area (Å²) in [5.74, 6) is 0.165. The number of fused-ring (bicyclic) bond motifs is 1. The molecule has 2 aromatic rings. The summed E-state index contributed by atoms with van der Waals surface area (Å²) >= 11 is 0. The summed E-state index contributed by atoms with van der Waals surface area (Å²) < 4.78 is 20.2. The number of nitrogens with zero attached hydrogens (tertiary/aromatic N) is 3. The van der Waals surface area contributed by atoms with Gasteiger partial charge in [0, 0.05) is 13.0 Å². The van der Waals surface area contributed by atoms with Crippen LogP contribution in [0.5, 0.6) is 0 Å². The Morgan fingerprint density at radius 3 is 2.61 bits per heavy atom. The summed E-state index contributed by atoms with van der Waals surface area (Å²) in [6, 6.07) is 6.44. The van der Waals surface area contributed by atoms with Crippen molar-refractivity contribution in [2.24, 2.45) is 11.8 Å². The molecule has 1 amide bonds. The highest BCUT2D eigenvalue weighted by molar-refractivity contribution is 5.77. The maximum atomic E-state index is 13.2. The van der Waals surface area contributed by atoms with Crippen molar-refractivity contribution in [3.8, 4) is 0 Å². The van der Waals surface area contributed by atoms with Gasteiger partial charge in [0.15, 0.2) is 0 Å². The molecule has 1 aliphatic heterocycles. The summed E-state index contributed by atoms with van der Waals surface area (Å²) in [5, 5.41) is 4.51. The van der Waals surface area contributed by atoms with Crippen LogP contribution in [-0.2, 0) is 33.8 Å². The molecule has 0 bridgehead atoms. The zero-order valence-corrected chi connectivity index (χ0v) is 18.1. The predicted octanol–water partition coefficient (Wildman–Crippen LogP) is 3.71. The van der Waals surface area contributed by atoms with Crippen LogP contribution in [0.25, 0.3) is 0 Å². The van der Waals surface area contributed by atoms with E-state index in [0.717, 1.165) is 43.4 Å². The van der Waals surface area contributed by atoms with Gasteiger partial charge in [0.2, 0.25) is 5.91 Å². The normalized spacial score (nSPS) is 20.9. The molecule has 0 N–H and O–H groups in total. The van der Waals surface area contributed by atoms with Crippen molar-refractivity contribution in [1.82, 2.24) is 14.7 Å². The van der Waals surface area contributed by atoms with Crippen LogP contribution < -0.4 is 0 Å². The van der Waals surface area contributed by atoms with Crippen LogP contribution in [0.1, 0.15) is 55.8 Å². The topological polar surface area (TPSA) is 64.4 Å². The number of halogens is 1. The number of aromatic nitrogens is 2. The van der Waals surface area contributed by atoms with Crippen molar-refractivity contribution in [2.45, 2.75) is 58.5 Å². The van der Waals surface area contributed by atoms with E-state index in [1.165, 1.54) is 17.7 Å². The van der Waals surface area contributed by atoms with Crippen LogP contribution in [0.15, 0.2) is 30.5 Å². The molecule has 2 heterocycles. The van der Waals surface area contributed by atoms with Crippen molar-refractivity contribution in [3.05, 3.63) is 53.1 Å². The molecular weight excluding hydrogens is 397 g/mol. The molecule has 0 spiro atoms. The third-order valence-electron chi connectivity index (χ3n) is 6.56. The van der Waals surface area contributed by atoms with E-state index in [9.17, 15) is 14.0 Å². The Bertz CT molecular complexity index is 917. The molecule has 31 heavy (non-hydrogen) atoms. The van der Waals surface area contributed by atoms with Crippen molar-refractivity contribution in [3.63, 3.8) is 0 Å². The minimum atomic E-state index is -0.251. The zero-order valence-electron chi connectivity index (χ0n) is 18.1. The van der Waals surface area contributed by atoms with Gasteiger partial charge in [0.05, 0.1) is 37.5 Å². The van der Waals surface area contributed by atoms with Gasteiger partial charge in [-0.1, -0.05) is 12.1 Å². The second-order valence-electron chi connectivity index (χ2n) is 8.64. The Labute approximate surface area is 182 Å². The minimum Gasteiger partial charge on any atom is -0.466 e. The Morgan fingerprint density at radius 1 is 1.16 bits per heavy atom. The maximum Gasteiger partial charge on any atom is 0.308 e. The van der Waals surface area contributed by atoms with E-state index in [0.29, 0.717) is 38.6 Å². The fourth-order valence-corrected chi connectivity index (χ4v) is 4.71. The number of carbonyl (C=O) groups is 2. The molecule has 7 heteroatoms. The highest BCUT2D eigenvalue weighted by Gasteiger charge is 2.30. The summed E-state index contributed by atoms with van der Waals surface area (Å²) in [6.07, 6.45) is 6.65. The lowest BCUT2D eigenvalue weighted by Crippen LogP contribution is -2.38. The van der Waals surface area contributed by atoms with Gasteiger partial charge >= 0.3 is 5.97 Å². The SMILES string of the molecule is CCOC(=O)C1CCC(CC(=O)N2CCc3cnn(Cc4ccc(F)cc4)c3C2)CC1. The number of amides is 1.